The number of methoxy groups -OCH3 is 1. The molecular weight excluding hydrogens is 292 g/mol. The summed E-state index contributed by atoms with van der Waals surface area (Å²) in [6, 6.07) is 14.9. The van der Waals surface area contributed by atoms with Crippen molar-refractivity contribution in [2.24, 2.45) is 0 Å². The van der Waals surface area contributed by atoms with E-state index < -0.39 is 0 Å². The number of hydrogen-bond donors (Lipinski definition) is 2. The summed E-state index contributed by atoms with van der Waals surface area (Å²) in [7, 11) is 1.33. The Morgan fingerprint density at radius 2 is 1.65 bits per heavy atom. The number of rotatable bonds is 7. The molecule has 0 aliphatic carbocycles. The highest BCUT2D eigenvalue weighted by atomic mass is 16.5. The molecule has 5 nitrogen and oxygen atoms in total. The highest BCUT2D eigenvalue weighted by Crippen LogP contribution is 2.16. The standard InChI is InChI=1S/C18H20N2O3/c1-13-7-9-14(10-8-13)19-11-17(21)15-5-3-4-6-16(15)20-12-18(22)23-2/h3-10,19-20H,11-12H2,1-2H3. The van der Waals surface area contributed by atoms with Gasteiger partial charge in [-0.2, -0.15) is 0 Å². The Morgan fingerprint density at radius 1 is 0.957 bits per heavy atom. The number of ether oxygens (including phenoxy) is 1. The zero-order valence-corrected chi connectivity index (χ0v) is 13.3. The van der Waals surface area contributed by atoms with Gasteiger partial charge in [0.25, 0.3) is 0 Å². The lowest BCUT2D eigenvalue weighted by Gasteiger charge is -2.11. The number of anilines is 2. The number of para-hydroxylation sites is 1. The summed E-state index contributed by atoms with van der Waals surface area (Å²) < 4.78 is 4.59. The van der Waals surface area contributed by atoms with Crippen LogP contribution in [0.5, 0.6) is 0 Å². The maximum absolute atomic E-state index is 12.4. The van der Waals surface area contributed by atoms with Crippen molar-refractivity contribution < 1.29 is 14.3 Å². The minimum absolute atomic E-state index is 0.0200. The van der Waals surface area contributed by atoms with Crippen LogP contribution in [0, 0.1) is 6.92 Å². The van der Waals surface area contributed by atoms with Gasteiger partial charge in [0.1, 0.15) is 6.54 Å². The van der Waals surface area contributed by atoms with Gasteiger partial charge >= 0.3 is 5.97 Å². The first-order valence-corrected chi connectivity index (χ1v) is 7.33. The average Bonchev–Trinajstić information content (AvgIpc) is 2.59. The summed E-state index contributed by atoms with van der Waals surface area (Å²) in [4.78, 5) is 23.6. The Labute approximate surface area is 135 Å². The van der Waals surface area contributed by atoms with Gasteiger partial charge in [-0.25, -0.2) is 0 Å². The van der Waals surface area contributed by atoms with E-state index in [9.17, 15) is 9.59 Å². The van der Waals surface area contributed by atoms with Crippen molar-refractivity contribution in [3.8, 4) is 0 Å². The SMILES string of the molecule is COC(=O)CNc1ccccc1C(=O)CNc1ccc(C)cc1. The molecule has 23 heavy (non-hydrogen) atoms. The minimum Gasteiger partial charge on any atom is -0.468 e. The second-order valence-electron chi connectivity index (χ2n) is 5.12. The van der Waals surface area contributed by atoms with E-state index in [0.717, 1.165) is 5.69 Å². The third-order valence-corrected chi connectivity index (χ3v) is 3.38. The molecule has 0 fully saturated rings. The van der Waals surface area contributed by atoms with E-state index in [4.69, 9.17) is 0 Å². The first kappa shape index (κ1) is 16.5. The highest BCUT2D eigenvalue weighted by Gasteiger charge is 2.11. The fourth-order valence-electron chi connectivity index (χ4n) is 2.07. The molecule has 0 amide bonds. The fourth-order valence-corrected chi connectivity index (χ4v) is 2.07. The van der Waals surface area contributed by atoms with Crippen molar-refractivity contribution in [2.45, 2.75) is 6.92 Å². The van der Waals surface area contributed by atoms with Crippen LogP contribution >= 0.6 is 0 Å². The van der Waals surface area contributed by atoms with Gasteiger partial charge in [-0.1, -0.05) is 29.8 Å². The zero-order valence-electron chi connectivity index (χ0n) is 13.3. The van der Waals surface area contributed by atoms with E-state index in [1.165, 1.54) is 12.7 Å². The van der Waals surface area contributed by atoms with Gasteiger partial charge in [0.2, 0.25) is 0 Å². The van der Waals surface area contributed by atoms with Crippen molar-refractivity contribution >= 4 is 23.1 Å². The van der Waals surface area contributed by atoms with Crippen LogP contribution in [0.25, 0.3) is 0 Å². The monoisotopic (exact) mass is 312 g/mol. The van der Waals surface area contributed by atoms with Crippen molar-refractivity contribution in [1.82, 2.24) is 0 Å². The van der Waals surface area contributed by atoms with Crippen LogP contribution < -0.4 is 10.6 Å². The lowest BCUT2D eigenvalue weighted by molar-refractivity contribution is -0.138. The first-order valence-electron chi connectivity index (χ1n) is 7.33. The lowest BCUT2D eigenvalue weighted by Crippen LogP contribution is -2.19. The summed E-state index contributed by atoms with van der Waals surface area (Å²) in [5.41, 5.74) is 3.22. The molecule has 5 heteroatoms. The molecule has 0 saturated heterocycles. The third kappa shape index (κ3) is 4.85. The summed E-state index contributed by atoms with van der Waals surface area (Å²) in [6.07, 6.45) is 0. The van der Waals surface area contributed by atoms with E-state index in [-0.39, 0.29) is 24.8 Å². The molecule has 0 saturated carbocycles. The van der Waals surface area contributed by atoms with Crippen molar-refractivity contribution in [3.05, 3.63) is 59.7 Å². The topological polar surface area (TPSA) is 67.4 Å². The number of esters is 1. The van der Waals surface area contributed by atoms with Gasteiger partial charge in [0.15, 0.2) is 5.78 Å². The summed E-state index contributed by atoms with van der Waals surface area (Å²) >= 11 is 0. The van der Waals surface area contributed by atoms with Crippen molar-refractivity contribution in [2.75, 3.05) is 30.8 Å². The maximum Gasteiger partial charge on any atom is 0.325 e. The third-order valence-electron chi connectivity index (χ3n) is 3.38. The van der Waals surface area contributed by atoms with Crippen molar-refractivity contribution in [3.63, 3.8) is 0 Å². The van der Waals surface area contributed by atoms with E-state index in [1.54, 1.807) is 18.2 Å². The van der Waals surface area contributed by atoms with Crippen LogP contribution in [-0.2, 0) is 9.53 Å². The largest absolute Gasteiger partial charge is 0.468 e. The summed E-state index contributed by atoms with van der Waals surface area (Å²) in [5, 5.41) is 6.03. The minimum atomic E-state index is -0.384. The molecule has 2 N–H and O–H groups in total. The molecule has 0 spiro atoms. The molecular formula is C18H20N2O3. The number of ketones is 1. The van der Waals surface area contributed by atoms with Crippen LogP contribution in [0.15, 0.2) is 48.5 Å². The van der Waals surface area contributed by atoms with Crippen molar-refractivity contribution in [1.29, 1.82) is 0 Å². The quantitative estimate of drug-likeness (QED) is 0.608. The molecule has 0 aliphatic heterocycles. The number of Topliss-reactive ketones (excluding diaryl/α,β-unsaturated/α-hetero) is 1. The molecule has 2 rings (SSSR count). The van der Waals surface area contributed by atoms with Gasteiger partial charge in [-0.05, 0) is 31.2 Å². The lowest BCUT2D eigenvalue weighted by atomic mass is 10.1. The van der Waals surface area contributed by atoms with Gasteiger partial charge in [-0.3, -0.25) is 9.59 Å². The van der Waals surface area contributed by atoms with Crippen LogP contribution in [0.4, 0.5) is 11.4 Å². The molecule has 0 bridgehead atoms. The Bertz CT molecular complexity index is 681. The first-order chi connectivity index (χ1) is 11.1. The molecule has 0 aliphatic rings. The number of carbonyl (C=O) groups excluding carboxylic acids is 2. The normalized spacial score (nSPS) is 10.0. The smallest absolute Gasteiger partial charge is 0.325 e. The summed E-state index contributed by atoms with van der Waals surface area (Å²) in [5.74, 6) is -0.441. The number of hydrogen-bond acceptors (Lipinski definition) is 5. The second-order valence-corrected chi connectivity index (χ2v) is 5.12. The molecule has 0 heterocycles. The van der Waals surface area contributed by atoms with Gasteiger partial charge in [0.05, 0.1) is 13.7 Å². The Balaban J connectivity index is 2.01. The van der Waals surface area contributed by atoms with E-state index in [1.807, 2.05) is 37.3 Å². The number of aryl methyl sites for hydroxylation is 1. The number of carbonyl (C=O) groups is 2. The number of nitrogens with one attached hydrogen (secondary N) is 2. The molecule has 2 aromatic rings. The van der Waals surface area contributed by atoms with Crippen LogP contribution in [0.3, 0.4) is 0 Å². The predicted molar refractivity (Wildman–Crippen MR) is 90.9 cm³/mol. The predicted octanol–water partition coefficient (Wildman–Crippen LogP) is 2.87. The van der Waals surface area contributed by atoms with Gasteiger partial charge in [-0.15, -0.1) is 0 Å². The molecule has 0 radical (unpaired) electrons. The van der Waals surface area contributed by atoms with E-state index in [2.05, 4.69) is 15.4 Å². The highest BCUT2D eigenvalue weighted by molar-refractivity contribution is 6.03. The van der Waals surface area contributed by atoms with Crippen LogP contribution in [0.1, 0.15) is 15.9 Å². The van der Waals surface area contributed by atoms with Gasteiger partial charge < -0.3 is 15.4 Å². The van der Waals surface area contributed by atoms with Crippen LogP contribution in [-0.4, -0.2) is 32.0 Å². The Morgan fingerprint density at radius 3 is 2.35 bits per heavy atom. The molecule has 0 atom stereocenters. The Kier molecular flexibility index (Phi) is 5.74. The fraction of sp³-hybridized carbons (Fsp3) is 0.222. The molecule has 0 unspecified atom stereocenters. The molecule has 0 aromatic heterocycles. The second kappa shape index (κ2) is 7.98. The van der Waals surface area contributed by atoms with E-state index >= 15 is 0 Å². The summed E-state index contributed by atoms with van der Waals surface area (Å²) in [6.45, 7) is 2.21. The molecule has 120 valence electrons. The van der Waals surface area contributed by atoms with Gasteiger partial charge in [0, 0.05) is 16.9 Å². The molecule has 2 aromatic carbocycles. The number of benzene rings is 2. The maximum atomic E-state index is 12.4. The van der Waals surface area contributed by atoms with Crippen LogP contribution in [0.2, 0.25) is 0 Å². The Hall–Kier alpha value is -2.82. The zero-order chi connectivity index (χ0) is 16.7. The van der Waals surface area contributed by atoms with E-state index in [0.29, 0.717) is 11.3 Å². The average molecular weight is 312 g/mol.